The van der Waals surface area contributed by atoms with Crippen LogP contribution in [0.15, 0.2) is 47.5 Å². The van der Waals surface area contributed by atoms with Gasteiger partial charge in [-0.25, -0.2) is 9.98 Å². The summed E-state index contributed by atoms with van der Waals surface area (Å²) in [7, 11) is 1.55. The maximum Gasteiger partial charge on any atom is 0.211 e. The predicted octanol–water partition coefficient (Wildman–Crippen LogP) is 2.96. The number of aliphatic imine (C=N–C) groups is 1. The number of hydrogen-bond donors (Lipinski definition) is 4. The van der Waals surface area contributed by atoms with E-state index in [9.17, 15) is 5.26 Å². The van der Waals surface area contributed by atoms with Crippen molar-refractivity contribution in [2.24, 2.45) is 4.99 Å². The highest BCUT2D eigenvalue weighted by Crippen LogP contribution is 2.42. The molecule has 1 aliphatic rings. The number of ether oxygens (including phenoxy) is 2. The van der Waals surface area contributed by atoms with Gasteiger partial charge in [0.05, 0.1) is 12.8 Å². The lowest BCUT2D eigenvalue weighted by atomic mass is 9.95. The number of methoxy groups -OCH3 is 1. The topological polar surface area (TPSA) is 167 Å². The zero-order chi connectivity index (χ0) is 24.2. The highest BCUT2D eigenvalue weighted by Gasteiger charge is 2.30. The van der Waals surface area contributed by atoms with Crippen LogP contribution in [0.2, 0.25) is 0 Å². The number of nitrogens with zero attached hydrogens (tertiary/aromatic N) is 4. The Morgan fingerprint density at radius 1 is 1.15 bits per heavy atom. The van der Waals surface area contributed by atoms with Crippen molar-refractivity contribution in [2.45, 2.75) is 19.6 Å². The van der Waals surface area contributed by atoms with Gasteiger partial charge in [-0.2, -0.15) is 10.5 Å². The fourth-order valence-corrected chi connectivity index (χ4v) is 3.72. The first-order valence-corrected chi connectivity index (χ1v) is 10.3. The molecular weight excluding hydrogens is 432 g/mol. The largest absolute Gasteiger partial charge is 0.493 e. The van der Waals surface area contributed by atoms with Crippen LogP contribution in [0, 0.1) is 29.7 Å². The van der Waals surface area contributed by atoms with Crippen LogP contribution in [-0.4, -0.2) is 18.1 Å². The van der Waals surface area contributed by atoms with Gasteiger partial charge in [0.2, 0.25) is 5.96 Å². The number of nitrogen functional groups attached to an aromatic ring is 2. The van der Waals surface area contributed by atoms with Crippen molar-refractivity contribution in [2.75, 3.05) is 23.9 Å². The quantitative estimate of drug-likeness (QED) is 0.334. The molecule has 1 atom stereocenters. The zero-order valence-corrected chi connectivity index (χ0v) is 18.6. The fraction of sp³-hybridized carbons (Fsp3) is 0.167. The van der Waals surface area contributed by atoms with E-state index in [0.717, 1.165) is 11.1 Å². The van der Waals surface area contributed by atoms with Crippen molar-refractivity contribution in [1.82, 2.24) is 10.3 Å². The number of aromatic nitrogens is 1. The minimum atomic E-state index is -0.674. The Hall–Kier alpha value is -4.96. The lowest BCUT2D eigenvalue weighted by molar-refractivity contribution is 0.283. The first-order valence-electron chi connectivity index (χ1n) is 10.3. The number of benzene rings is 2. The molecule has 1 aromatic heterocycles. The molecule has 0 saturated heterocycles. The summed E-state index contributed by atoms with van der Waals surface area (Å²) in [5.41, 5.74) is 15.8. The van der Waals surface area contributed by atoms with Gasteiger partial charge in [0.1, 0.15) is 35.9 Å². The summed E-state index contributed by atoms with van der Waals surface area (Å²) in [6, 6.07) is 14.7. The molecule has 10 nitrogen and oxygen atoms in total. The molecule has 2 heterocycles. The summed E-state index contributed by atoms with van der Waals surface area (Å²) in [5, 5.41) is 23.9. The number of pyridine rings is 1. The number of nitriles is 2. The predicted molar refractivity (Wildman–Crippen MR) is 128 cm³/mol. The highest BCUT2D eigenvalue weighted by atomic mass is 16.5. The van der Waals surface area contributed by atoms with E-state index in [-0.39, 0.29) is 23.0 Å². The van der Waals surface area contributed by atoms with Gasteiger partial charge in [-0.05, 0) is 35.7 Å². The average Bonchev–Trinajstić information content (AvgIpc) is 2.83. The molecule has 3 aromatic rings. The van der Waals surface area contributed by atoms with E-state index in [1.165, 1.54) is 0 Å². The molecule has 10 heteroatoms. The van der Waals surface area contributed by atoms with Crippen LogP contribution in [0.3, 0.4) is 0 Å². The molecule has 6 N–H and O–H groups in total. The van der Waals surface area contributed by atoms with Gasteiger partial charge in [0.25, 0.3) is 0 Å². The van der Waals surface area contributed by atoms with Gasteiger partial charge >= 0.3 is 0 Å². The van der Waals surface area contributed by atoms with Crippen molar-refractivity contribution in [3.63, 3.8) is 0 Å². The summed E-state index contributed by atoms with van der Waals surface area (Å²) >= 11 is 0. The number of nitrogens with two attached hydrogens (primary N) is 2. The van der Waals surface area contributed by atoms with Gasteiger partial charge in [0, 0.05) is 5.56 Å². The smallest absolute Gasteiger partial charge is 0.211 e. The normalized spacial score (nSPS) is 14.0. The molecular formula is C24H22N8O2. The third-order valence-corrected chi connectivity index (χ3v) is 5.51. The van der Waals surface area contributed by atoms with Gasteiger partial charge in [-0.1, -0.05) is 30.3 Å². The van der Waals surface area contributed by atoms with E-state index in [1.807, 2.05) is 49.5 Å². The number of fused-ring (bicyclic) bond motifs is 1. The van der Waals surface area contributed by atoms with Crippen LogP contribution in [0.4, 0.5) is 17.3 Å². The second-order valence-corrected chi connectivity index (χ2v) is 7.53. The number of rotatable bonds is 5. The highest BCUT2D eigenvalue weighted by molar-refractivity contribution is 5.98. The van der Waals surface area contributed by atoms with E-state index >= 15 is 0 Å². The molecule has 0 fully saturated rings. The summed E-state index contributed by atoms with van der Waals surface area (Å²) in [5.74, 6) is 1.53. The molecule has 0 radical (unpaired) electrons. The standard InChI is InChI=1S/C24H22N8O2/c1-13-5-3-4-6-15(13)11-34-17-8-7-14(9-18(17)33-2)21-19-20(27)16(10-25)22(28)31-23(19)32-24(30-21)29-12-26/h3-9,21H,11H2,1-2H3,(H6,27,28,29,30,31,32). The Kier molecular flexibility index (Phi) is 6.06. The number of aryl methyl sites for hydroxylation is 1. The maximum atomic E-state index is 9.49. The molecule has 0 saturated carbocycles. The van der Waals surface area contributed by atoms with E-state index in [2.05, 4.69) is 20.6 Å². The molecule has 0 amide bonds. The Morgan fingerprint density at radius 2 is 1.94 bits per heavy atom. The number of anilines is 3. The minimum Gasteiger partial charge on any atom is -0.493 e. The van der Waals surface area contributed by atoms with Crippen LogP contribution in [0.25, 0.3) is 0 Å². The second-order valence-electron chi connectivity index (χ2n) is 7.53. The lowest BCUT2D eigenvalue weighted by Crippen LogP contribution is -2.32. The van der Waals surface area contributed by atoms with E-state index in [0.29, 0.717) is 35.1 Å². The van der Waals surface area contributed by atoms with Crippen LogP contribution >= 0.6 is 0 Å². The SMILES string of the molecule is COc1cc(C2N=C(NC#N)Nc3nc(N)c(C#N)c(N)c32)ccc1OCc1ccccc1C. The molecule has 0 bridgehead atoms. The molecule has 0 spiro atoms. The fourth-order valence-electron chi connectivity index (χ4n) is 3.72. The van der Waals surface area contributed by atoms with Crippen LogP contribution < -0.4 is 31.6 Å². The third kappa shape index (κ3) is 4.08. The van der Waals surface area contributed by atoms with Crippen molar-refractivity contribution >= 4 is 23.3 Å². The zero-order valence-electron chi connectivity index (χ0n) is 18.6. The molecule has 1 unspecified atom stereocenters. The average molecular weight is 454 g/mol. The molecule has 4 rings (SSSR count). The van der Waals surface area contributed by atoms with Gasteiger partial charge < -0.3 is 26.3 Å². The summed E-state index contributed by atoms with van der Waals surface area (Å²) in [6.45, 7) is 2.41. The molecule has 0 aliphatic carbocycles. The van der Waals surface area contributed by atoms with Crippen molar-refractivity contribution in [1.29, 1.82) is 10.5 Å². The Labute approximate surface area is 196 Å². The second kappa shape index (κ2) is 9.27. The molecule has 170 valence electrons. The lowest BCUT2D eigenvalue weighted by Gasteiger charge is -2.26. The summed E-state index contributed by atoms with van der Waals surface area (Å²) in [4.78, 5) is 8.83. The van der Waals surface area contributed by atoms with Crippen LogP contribution in [0.1, 0.15) is 33.9 Å². The Morgan fingerprint density at radius 3 is 2.65 bits per heavy atom. The Balaban J connectivity index is 1.74. The first kappa shape index (κ1) is 22.2. The Bertz CT molecular complexity index is 1370. The first-order chi connectivity index (χ1) is 16.5. The minimum absolute atomic E-state index is 0.0132. The third-order valence-electron chi connectivity index (χ3n) is 5.51. The monoisotopic (exact) mass is 454 g/mol. The summed E-state index contributed by atoms with van der Waals surface area (Å²) in [6.07, 6.45) is 1.83. The molecule has 34 heavy (non-hydrogen) atoms. The van der Waals surface area contributed by atoms with E-state index in [4.69, 9.17) is 26.2 Å². The van der Waals surface area contributed by atoms with Crippen LogP contribution in [0.5, 0.6) is 11.5 Å². The van der Waals surface area contributed by atoms with Gasteiger partial charge in [0.15, 0.2) is 17.7 Å². The maximum absolute atomic E-state index is 9.49. The van der Waals surface area contributed by atoms with E-state index < -0.39 is 6.04 Å². The van der Waals surface area contributed by atoms with Gasteiger partial charge in [-0.15, -0.1) is 0 Å². The van der Waals surface area contributed by atoms with Gasteiger partial charge in [-0.3, -0.25) is 5.32 Å². The number of guanidine groups is 1. The van der Waals surface area contributed by atoms with E-state index in [1.54, 1.807) is 19.2 Å². The molecule has 1 aliphatic heterocycles. The number of nitrogens with one attached hydrogen (secondary N) is 2. The van der Waals surface area contributed by atoms with Crippen molar-refractivity contribution < 1.29 is 9.47 Å². The number of hydrogen-bond acceptors (Lipinski definition) is 10. The van der Waals surface area contributed by atoms with Crippen molar-refractivity contribution in [3.8, 4) is 23.8 Å². The van der Waals surface area contributed by atoms with Crippen LogP contribution in [-0.2, 0) is 6.61 Å². The van der Waals surface area contributed by atoms with Crippen molar-refractivity contribution in [3.05, 3.63) is 70.3 Å². The molecule has 2 aromatic carbocycles. The summed E-state index contributed by atoms with van der Waals surface area (Å²) < 4.78 is 11.6.